The molecular formula is C24H27ClN2O2. The molecule has 3 aromatic rings. The highest BCUT2D eigenvalue weighted by Gasteiger charge is 2.15. The molecule has 1 heterocycles. The molecule has 0 aliphatic carbocycles. The van der Waals surface area contributed by atoms with E-state index in [9.17, 15) is 0 Å². The molecule has 29 heavy (non-hydrogen) atoms. The molecule has 0 amide bonds. The van der Waals surface area contributed by atoms with Gasteiger partial charge in [-0.3, -0.25) is 0 Å². The molecule has 0 bridgehead atoms. The molecule has 4 rings (SSSR count). The minimum absolute atomic E-state index is 0.122. The van der Waals surface area contributed by atoms with Crippen LogP contribution in [-0.2, 0) is 11.3 Å². The average Bonchev–Trinajstić information content (AvgIpc) is 2.73. The maximum Gasteiger partial charge on any atom is 0.125 e. The number of fused-ring (bicyclic) bond motifs is 1. The van der Waals surface area contributed by atoms with Crippen LogP contribution in [0.25, 0.3) is 10.8 Å². The fourth-order valence-corrected chi connectivity index (χ4v) is 4.03. The highest BCUT2D eigenvalue weighted by atomic mass is 35.5. The van der Waals surface area contributed by atoms with E-state index in [1.807, 2.05) is 6.07 Å². The first-order valence-corrected chi connectivity index (χ1v) is 10.5. The molecule has 1 saturated heterocycles. The van der Waals surface area contributed by atoms with Gasteiger partial charge in [0.25, 0.3) is 0 Å². The zero-order valence-corrected chi connectivity index (χ0v) is 17.7. The van der Waals surface area contributed by atoms with Crippen molar-refractivity contribution in [2.24, 2.45) is 0 Å². The Labute approximate surface area is 177 Å². The first-order valence-electron chi connectivity index (χ1n) is 10.2. The van der Waals surface area contributed by atoms with E-state index in [1.165, 1.54) is 10.8 Å². The number of ether oxygens (including phenoxy) is 2. The summed E-state index contributed by atoms with van der Waals surface area (Å²) >= 11 is 6.59. The lowest BCUT2D eigenvalue weighted by Crippen LogP contribution is -2.36. The summed E-state index contributed by atoms with van der Waals surface area (Å²) < 4.78 is 11.5. The van der Waals surface area contributed by atoms with Crippen LogP contribution < -0.4 is 15.0 Å². The Morgan fingerprint density at radius 1 is 1.07 bits per heavy atom. The maximum absolute atomic E-state index is 6.59. The van der Waals surface area contributed by atoms with Crippen LogP contribution in [0, 0.1) is 0 Å². The highest BCUT2D eigenvalue weighted by Crippen LogP contribution is 2.32. The smallest absolute Gasteiger partial charge is 0.125 e. The Kier molecular flexibility index (Phi) is 6.12. The lowest BCUT2D eigenvalue weighted by molar-refractivity contribution is 0.122. The number of hydrogen-bond acceptors (Lipinski definition) is 4. The zero-order valence-electron chi connectivity index (χ0n) is 17.0. The van der Waals surface area contributed by atoms with Gasteiger partial charge in [-0.15, -0.1) is 0 Å². The van der Waals surface area contributed by atoms with Crippen LogP contribution in [0.2, 0.25) is 5.02 Å². The number of hydrogen-bond donors (Lipinski definition) is 1. The molecule has 152 valence electrons. The summed E-state index contributed by atoms with van der Waals surface area (Å²) in [5.74, 6) is 0.919. The SMILES string of the molecule is CC(C)Oc1ccc2ccccc2c1CNc1ccc(N2CCOCC2)c(Cl)c1. The molecule has 3 aromatic carbocycles. The van der Waals surface area contributed by atoms with E-state index in [-0.39, 0.29) is 6.10 Å². The first kappa shape index (κ1) is 19.9. The van der Waals surface area contributed by atoms with Gasteiger partial charge in [-0.1, -0.05) is 41.9 Å². The number of nitrogens with one attached hydrogen (secondary N) is 1. The van der Waals surface area contributed by atoms with Crippen LogP contribution in [0.5, 0.6) is 5.75 Å². The molecule has 4 nitrogen and oxygen atoms in total. The summed E-state index contributed by atoms with van der Waals surface area (Å²) in [4.78, 5) is 2.27. The molecule has 1 aliphatic rings. The standard InChI is InChI=1S/C24H27ClN2O2/c1-17(2)29-24-10-7-18-5-3-4-6-20(18)21(24)16-26-19-8-9-23(22(25)15-19)27-11-13-28-14-12-27/h3-10,15,17,26H,11-14,16H2,1-2H3. The molecule has 0 atom stereocenters. The Bertz CT molecular complexity index is 984. The molecule has 1 aliphatic heterocycles. The zero-order chi connectivity index (χ0) is 20.2. The Balaban J connectivity index is 1.57. The molecule has 0 spiro atoms. The monoisotopic (exact) mass is 410 g/mol. The summed E-state index contributed by atoms with van der Waals surface area (Å²) in [5.41, 5.74) is 3.22. The largest absolute Gasteiger partial charge is 0.491 e. The van der Waals surface area contributed by atoms with Crippen molar-refractivity contribution in [1.82, 2.24) is 0 Å². The van der Waals surface area contributed by atoms with Crippen molar-refractivity contribution in [3.8, 4) is 5.75 Å². The third-order valence-corrected chi connectivity index (χ3v) is 5.43. The second kappa shape index (κ2) is 8.93. The number of morpholine rings is 1. The number of anilines is 2. The van der Waals surface area contributed by atoms with Crippen molar-refractivity contribution in [2.45, 2.75) is 26.5 Å². The topological polar surface area (TPSA) is 33.7 Å². The van der Waals surface area contributed by atoms with Gasteiger partial charge in [0.05, 0.1) is 30.0 Å². The van der Waals surface area contributed by atoms with Gasteiger partial charge >= 0.3 is 0 Å². The lowest BCUT2D eigenvalue weighted by Gasteiger charge is -2.29. The first-order chi connectivity index (χ1) is 14.1. The van der Waals surface area contributed by atoms with Gasteiger partial charge in [0.1, 0.15) is 5.75 Å². The number of benzene rings is 3. The normalized spacial score (nSPS) is 14.4. The Hall–Kier alpha value is -2.43. The molecule has 5 heteroatoms. The predicted octanol–water partition coefficient (Wildman–Crippen LogP) is 5.73. The second-order valence-corrected chi connectivity index (χ2v) is 7.96. The van der Waals surface area contributed by atoms with Crippen molar-refractivity contribution in [3.05, 3.63) is 65.2 Å². The summed E-state index contributed by atoms with van der Waals surface area (Å²) in [7, 11) is 0. The van der Waals surface area contributed by atoms with Crippen molar-refractivity contribution < 1.29 is 9.47 Å². The molecule has 0 unspecified atom stereocenters. The summed E-state index contributed by atoms with van der Waals surface area (Å²) in [6.07, 6.45) is 0.122. The fraction of sp³-hybridized carbons (Fsp3) is 0.333. The van der Waals surface area contributed by atoms with E-state index in [2.05, 4.69) is 72.6 Å². The van der Waals surface area contributed by atoms with E-state index in [4.69, 9.17) is 21.1 Å². The van der Waals surface area contributed by atoms with Gasteiger partial charge in [0.2, 0.25) is 0 Å². The summed E-state index contributed by atoms with van der Waals surface area (Å²) in [6, 6.07) is 18.8. The van der Waals surface area contributed by atoms with E-state index in [0.29, 0.717) is 6.54 Å². The Morgan fingerprint density at radius 3 is 2.62 bits per heavy atom. The van der Waals surface area contributed by atoms with Crippen LogP contribution in [0.4, 0.5) is 11.4 Å². The van der Waals surface area contributed by atoms with Crippen molar-refractivity contribution in [2.75, 3.05) is 36.5 Å². The van der Waals surface area contributed by atoms with Crippen LogP contribution in [0.15, 0.2) is 54.6 Å². The van der Waals surface area contributed by atoms with Crippen molar-refractivity contribution in [1.29, 1.82) is 0 Å². The van der Waals surface area contributed by atoms with Gasteiger partial charge < -0.3 is 19.7 Å². The number of halogens is 1. The summed E-state index contributed by atoms with van der Waals surface area (Å²) in [5, 5.41) is 6.70. The van der Waals surface area contributed by atoms with E-state index in [0.717, 1.165) is 54.0 Å². The maximum atomic E-state index is 6.59. The number of nitrogens with zero attached hydrogens (tertiary/aromatic N) is 1. The van der Waals surface area contributed by atoms with Gasteiger partial charge in [-0.25, -0.2) is 0 Å². The minimum atomic E-state index is 0.122. The van der Waals surface area contributed by atoms with E-state index < -0.39 is 0 Å². The third kappa shape index (κ3) is 4.60. The molecule has 0 aromatic heterocycles. The quantitative estimate of drug-likeness (QED) is 0.562. The second-order valence-electron chi connectivity index (χ2n) is 7.55. The van der Waals surface area contributed by atoms with Gasteiger partial charge in [-0.05, 0) is 48.9 Å². The van der Waals surface area contributed by atoms with Gasteiger partial charge in [0, 0.05) is 30.9 Å². The van der Waals surface area contributed by atoms with Crippen LogP contribution in [0.3, 0.4) is 0 Å². The average molecular weight is 411 g/mol. The predicted molar refractivity (Wildman–Crippen MR) is 122 cm³/mol. The van der Waals surface area contributed by atoms with Crippen LogP contribution in [-0.4, -0.2) is 32.4 Å². The molecule has 0 saturated carbocycles. The highest BCUT2D eigenvalue weighted by molar-refractivity contribution is 6.33. The Morgan fingerprint density at radius 2 is 1.86 bits per heavy atom. The van der Waals surface area contributed by atoms with Gasteiger partial charge in [-0.2, -0.15) is 0 Å². The molecular weight excluding hydrogens is 384 g/mol. The van der Waals surface area contributed by atoms with E-state index in [1.54, 1.807) is 0 Å². The summed E-state index contributed by atoms with van der Waals surface area (Å²) in [6.45, 7) is 8.01. The fourth-order valence-electron chi connectivity index (χ4n) is 3.73. The number of rotatable bonds is 6. The van der Waals surface area contributed by atoms with Crippen molar-refractivity contribution in [3.63, 3.8) is 0 Å². The molecule has 0 radical (unpaired) electrons. The van der Waals surface area contributed by atoms with Crippen LogP contribution in [0.1, 0.15) is 19.4 Å². The van der Waals surface area contributed by atoms with Gasteiger partial charge in [0.15, 0.2) is 0 Å². The lowest BCUT2D eigenvalue weighted by atomic mass is 10.0. The van der Waals surface area contributed by atoms with Crippen LogP contribution >= 0.6 is 11.6 Å². The van der Waals surface area contributed by atoms with E-state index >= 15 is 0 Å². The minimum Gasteiger partial charge on any atom is -0.491 e. The van der Waals surface area contributed by atoms with Crippen molar-refractivity contribution >= 4 is 33.7 Å². The molecule has 1 fully saturated rings. The third-order valence-electron chi connectivity index (χ3n) is 5.13. The molecule has 1 N–H and O–H groups in total.